The highest BCUT2D eigenvalue weighted by Gasteiger charge is 2.14. The highest BCUT2D eigenvalue weighted by molar-refractivity contribution is 7.80. The summed E-state index contributed by atoms with van der Waals surface area (Å²) in [6.07, 6.45) is 0. The second-order valence-electron chi connectivity index (χ2n) is 6.32. The van der Waals surface area contributed by atoms with Crippen LogP contribution in [-0.2, 0) is 0 Å². The molecule has 0 aliphatic carbocycles. The van der Waals surface area contributed by atoms with Crippen LogP contribution in [0.25, 0.3) is 22.6 Å². The number of methoxy groups -OCH3 is 1. The number of nitrogens with one attached hydrogen (secondary N) is 2. The van der Waals surface area contributed by atoms with Gasteiger partial charge in [0.15, 0.2) is 10.7 Å². The van der Waals surface area contributed by atoms with E-state index in [1.807, 2.05) is 30.3 Å². The highest BCUT2D eigenvalue weighted by atomic mass is 35.5. The van der Waals surface area contributed by atoms with E-state index in [9.17, 15) is 4.79 Å². The van der Waals surface area contributed by atoms with Gasteiger partial charge in [-0.15, -0.1) is 0 Å². The fraction of sp³-hybridized carbons (Fsp3) is 0.0455. The van der Waals surface area contributed by atoms with E-state index in [0.29, 0.717) is 33.5 Å². The molecule has 4 rings (SSSR count). The van der Waals surface area contributed by atoms with E-state index in [-0.39, 0.29) is 11.0 Å². The first kappa shape index (κ1) is 19.9. The summed E-state index contributed by atoms with van der Waals surface area (Å²) >= 11 is 11.2. The first-order chi connectivity index (χ1) is 14.5. The van der Waals surface area contributed by atoms with Crippen molar-refractivity contribution in [2.24, 2.45) is 0 Å². The zero-order chi connectivity index (χ0) is 21.1. The average Bonchev–Trinajstić information content (AvgIpc) is 3.18. The van der Waals surface area contributed by atoms with Gasteiger partial charge in [0.1, 0.15) is 11.3 Å². The van der Waals surface area contributed by atoms with Crippen LogP contribution in [0, 0.1) is 0 Å². The van der Waals surface area contributed by atoms with Crippen LogP contribution >= 0.6 is 23.8 Å². The van der Waals surface area contributed by atoms with Crippen molar-refractivity contribution >= 4 is 51.6 Å². The lowest BCUT2D eigenvalue weighted by Crippen LogP contribution is -2.34. The van der Waals surface area contributed by atoms with E-state index in [0.717, 1.165) is 11.1 Å². The van der Waals surface area contributed by atoms with Crippen molar-refractivity contribution in [3.8, 4) is 17.2 Å². The SMILES string of the molecule is COc1ccc(-c2nc3ccccc3o2)cc1NC(=S)NC(=O)c1ccc(Cl)cc1. The van der Waals surface area contributed by atoms with E-state index in [1.165, 1.54) is 0 Å². The number of halogens is 1. The molecule has 0 aliphatic heterocycles. The number of nitrogens with zero attached hydrogens (tertiary/aromatic N) is 1. The van der Waals surface area contributed by atoms with E-state index in [1.54, 1.807) is 43.5 Å². The number of carbonyl (C=O) groups is 1. The lowest BCUT2D eigenvalue weighted by atomic mass is 10.2. The summed E-state index contributed by atoms with van der Waals surface area (Å²) in [6, 6.07) is 19.5. The molecule has 2 N–H and O–H groups in total. The van der Waals surface area contributed by atoms with Crippen LogP contribution in [0.2, 0.25) is 5.02 Å². The third-order valence-corrected chi connectivity index (χ3v) is 4.78. The molecule has 0 radical (unpaired) electrons. The van der Waals surface area contributed by atoms with E-state index in [2.05, 4.69) is 15.6 Å². The van der Waals surface area contributed by atoms with Crippen LogP contribution in [-0.4, -0.2) is 23.1 Å². The molecule has 0 saturated heterocycles. The van der Waals surface area contributed by atoms with Crippen molar-refractivity contribution in [2.75, 3.05) is 12.4 Å². The van der Waals surface area contributed by atoms with Crippen molar-refractivity contribution in [1.82, 2.24) is 10.3 Å². The Morgan fingerprint density at radius 1 is 1.10 bits per heavy atom. The van der Waals surface area contributed by atoms with Gasteiger partial charge in [0, 0.05) is 16.1 Å². The standard InChI is InChI=1S/C22H16ClN3O3S/c1-28-18-11-8-14(21-24-16-4-2-3-5-19(16)29-21)12-17(18)25-22(30)26-20(27)13-6-9-15(23)10-7-13/h2-12H,1H3,(H2,25,26,27,30). The van der Waals surface area contributed by atoms with Crippen molar-refractivity contribution in [1.29, 1.82) is 0 Å². The summed E-state index contributed by atoms with van der Waals surface area (Å²) in [5, 5.41) is 6.31. The maximum absolute atomic E-state index is 12.4. The van der Waals surface area contributed by atoms with Crippen molar-refractivity contribution in [2.45, 2.75) is 0 Å². The van der Waals surface area contributed by atoms with Crippen LogP contribution in [0.4, 0.5) is 5.69 Å². The normalized spacial score (nSPS) is 10.6. The molecule has 8 heteroatoms. The third-order valence-electron chi connectivity index (χ3n) is 4.32. The van der Waals surface area contributed by atoms with Crippen LogP contribution in [0.3, 0.4) is 0 Å². The van der Waals surface area contributed by atoms with E-state index < -0.39 is 0 Å². The van der Waals surface area contributed by atoms with Crippen molar-refractivity contribution in [3.05, 3.63) is 77.3 Å². The van der Waals surface area contributed by atoms with Gasteiger partial charge in [0.05, 0.1) is 12.8 Å². The zero-order valence-electron chi connectivity index (χ0n) is 15.8. The molecule has 0 saturated carbocycles. The predicted molar refractivity (Wildman–Crippen MR) is 121 cm³/mol. The smallest absolute Gasteiger partial charge is 0.257 e. The predicted octanol–water partition coefficient (Wildman–Crippen LogP) is 5.28. The van der Waals surface area contributed by atoms with Crippen LogP contribution in [0.15, 0.2) is 71.1 Å². The molecule has 0 bridgehead atoms. The van der Waals surface area contributed by atoms with Gasteiger partial charge in [-0.3, -0.25) is 10.1 Å². The Morgan fingerprint density at radius 3 is 2.60 bits per heavy atom. The Bertz CT molecular complexity index is 1210. The van der Waals surface area contributed by atoms with Crippen LogP contribution in [0.1, 0.15) is 10.4 Å². The van der Waals surface area contributed by atoms with Gasteiger partial charge in [-0.1, -0.05) is 23.7 Å². The molecule has 150 valence electrons. The van der Waals surface area contributed by atoms with Gasteiger partial charge >= 0.3 is 0 Å². The van der Waals surface area contributed by atoms with Crippen molar-refractivity contribution < 1.29 is 13.9 Å². The monoisotopic (exact) mass is 437 g/mol. The summed E-state index contributed by atoms with van der Waals surface area (Å²) in [5.41, 5.74) is 3.21. The quantitative estimate of drug-likeness (QED) is 0.423. The molecule has 4 aromatic rings. The Morgan fingerprint density at radius 2 is 1.87 bits per heavy atom. The van der Waals surface area contributed by atoms with Gasteiger partial charge < -0.3 is 14.5 Å². The molecule has 0 fully saturated rings. The molecule has 1 heterocycles. The Balaban J connectivity index is 1.55. The van der Waals surface area contributed by atoms with Gasteiger partial charge in [-0.2, -0.15) is 0 Å². The second-order valence-corrected chi connectivity index (χ2v) is 7.16. The number of anilines is 1. The molecular weight excluding hydrogens is 422 g/mol. The number of thiocarbonyl (C=S) groups is 1. The number of hydrogen-bond acceptors (Lipinski definition) is 5. The Kier molecular flexibility index (Phi) is 5.65. The maximum atomic E-state index is 12.4. The number of oxazole rings is 1. The number of hydrogen-bond donors (Lipinski definition) is 2. The number of ether oxygens (including phenoxy) is 1. The van der Waals surface area contributed by atoms with Crippen molar-refractivity contribution in [3.63, 3.8) is 0 Å². The molecular formula is C22H16ClN3O3S. The molecule has 0 aliphatic rings. The maximum Gasteiger partial charge on any atom is 0.257 e. The number of benzene rings is 3. The summed E-state index contributed by atoms with van der Waals surface area (Å²) in [5.74, 6) is 0.675. The molecule has 0 unspecified atom stereocenters. The minimum Gasteiger partial charge on any atom is -0.495 e. The van der Waals surface area contributed by atoms with Gasteiger partial charge in [0.25, 0.3) is 5.91 Å². The fourth-order valence-electron chi connectivity index (χ4n) is 2.86. The Labute approximate surface area is 182 Å². The van der Waals surface area contributed by atoms with E-state index >= 15 is 0 Å². The molecule has 3 aromatic carbocycles. The summed E-state index contributed by atoms with van der Waals surface area (Å²) in [4.78, 5) is 16.9. The number of aromatic nitrogens is 1. The zero-order valence-corrected chi connectivity index (χ0v) is 17.4. The number of para-hydroxylation sites is 2. The van der Waals surface area contributed by atoms with E-state index in [4.69, 9.17) is 33.0 Å². The number of carbonyl (C=O) groups excluding carboxylic acids is 1. The van der Waals surface area contributed by atoms with Gasteiger partial charge in [-0.05, 0) is 66.8 Å². The molecule has 1 aromatic heterocycles. The second kappa shape index (κ2) is 8.52. The lowest BCUT2D eigenvalue weighted by Gasteiger charge is -2.13. The van der Waals surface area contributed by atoms with Crippen LogP contribution < -0.4 is 15.4 Å². The summed E-state index contributed by atoms with van der Waals surface area (Å²) < 4.78 is 11.2. The third kappa shape index (κ3) is 4.27. The molecule has 0 atom stereocenters. The summed E-state index contributed by atoms with van der Waals surface area (Å²) in [7, 11) is 1.55. The average molecular weight is 438 g/mol. The minimum atomic E-state index is -0.349. The molecule has 0 spiro atoms. The highest BCUT2D eigenvalue weighted by Crippen LogP contribution is 2.31. The van der Waals surface area contributed by atoms with Gasteiger partial charge in [0.2, 0.25) is 5.89 Å². The van der Waals surface area contributed by atoms with Crippen LogP contribution in [0.5, 0.6) is 5.75 Å². The topological polar surface area (TPSA) is 76.4 Å². The number of fused-ring (bicyclic) bond motifs is 1. The Hall–Kier alpha value is -3.42. The number of amides is 1. The molecule has 30 heavy (non-hydrogen) atoms. The van der Waals surface area contributed by atoms with Gasteiger partial charge in [-0.25, -0.2) is 4.98 Å². The fourth-order valence-corrected chi connectivity index (χ4v) is 3.19. The minimum absolute atomic E-state index is 0.128. The lowest BCUT2D eigenvalue weighted by molar-refractivity contribution is 0.0977. The molecule has 1 amide bonds. The first-order valence-corrected chi connectivity index (χ1v) is 9.74. The number of rotatable bonds is 4. The first-order valence-electron chi connectivity index (χ1n) is 8.95. The summed E-state index contributed by atoms with van der Waals surface area (Å²) in [6.45, 7) is 0. The molecule has 6 nitrogen and oxygen atoms in total. The largest absolute Gasteiger partial charge is 0.495 e.